The van der Waals surface area contributed by atoms with Crippen LogP contribution in [0.5, 0.6) is 0 Å². The summed E-state index contributed by atoms with van der Waals surface area (Å²) < 4.78 is 5.45. The molecule has 2 fully saturated rings. The smallest absolute Gasteiger partial charge is 0.0469 e. The molecular formula is C13H26N2O. The predicted molar refractivity (Wildman–Crippen MR) is 66.7 cm³/mol. The van der Waals surface area contributed by atoms with E-state index in [4.69, 9.17) is 4.74 Å². The van der Waals surface area contributed by atoms with Crippen LogP contribution in [0.25, 0.3) is 0 Å². The molecule has 0 saturated carbocycles. The second-order valence-corrected chi connectivity index (χ2v) is 5.18. The molecule has 0 aliphatic carbocycles. The van der Waals surface area contributed by atoms with Crippen LogP contribution in [-0.2, 0) is 4.74 Å². The minimum atomic E-state index is 0.752. The molecule has 0 aromatic carbocycles. The number of ether oxygens (including phenoxy) is 1. The van der Waals surface area contributed by atoms with Crippen molar-refractivity contribution >= 4 is 0 Å². The molecule has 0 aromatic heterocycles. The molecule has 3 nitrogen and oxygen atoms in total. The van der Waals surface area contributed by atoms with Crippen LogP contribution in [0, 0.1) is 5.92 Å². The normalized spacial score (nSPS) is 28.3. The molecular weight excluding hydrogens is 200 g/mol. The molecule has 2 aliphatic rings. The lowest BCUT2D eigenvalue weighted by molar-refractivity contribution is 0.0287. The summed E-state index contributed by atoms with van der Waals surface area (Å²) in [5.74, 6) is 0.862. The summed E-state index contributed by atoms with van der Waals surface area (Å²) in [5.41, 5.74) is 0. The Morgan fingerprint density at radius 3 is 2.38 bits per heavy atom. The van der Waals surface area contributed by atoms with Gasteiger partial charge in [-0.1, -0.05) is 0 Å². The van der Waals surface area contributed by atoms with Crippen LogP contribution in [0.15, 0.2) is 0 Å². The van der Waals surface area contributed by atoms with Gasteiger partial charge in [0.2, 0.25) is 0 Å². The van der Waals surface area contributed by atoms with Crippen LogP contribution in [-0.4, -0.2) is 50.3 Å². The summed E-state index contributed by atoms with van der Waals surface area (Å²) in [5, 5.41) is 3.48. The van der Waals surface area contributed by atoms with Crippen LogP contribution in [0.3, 0.4) is 0 Å². The third-order valence-corrected chi connectivity index (χ3v) is 4.12. The maximum absolute atomic E-state index is 5.45. The van der Waals surface area contributed by atoms with Gasteiger partial charge in [-0.05, 0) is 64.7 Å². The summed E-state index contributed by atoms with van der Waals surface area (Å²) in [7, 11) is 0. The second-order valence-electron chi connectivity index (χ2n) is 5.18. The molecule has 16 heavy (non-hydrogen) atoms. The fourth-order valence-electron chi connectivity index (χ4n) is 2.95. The third-order valence-electron chi connectivity index (χ3n) is 4.12. The van der Waals surface area contributed by atoms with E-state index in [2.05, 4.69) is 17.1 Å². The van der Waals surface area contributed by atoms with Crippen LogP contribution in [0.1, 0.15) is 32.6 Å². The van der Waals surface area contributed by atoms with Crippen molar-refractivity contribution < 1.29 is 4.74 Å². The molecule has 2 aliphatic heterocycles. The highest BCUT2D eigenvalue weighted by Gasteiger charge is 2.25. The van der Waals surface area contributed by atoms with Crippen LogP contribution in [0.4, 0.5) is 0 Å². The monoisotopic (exact) mass is 226 g/mol. The minimum Gasteiger partial charge on any atom is -0.381 e. The SMILES string of the molecule is CC(C1CCOCC1)N1CCCNCCC1. The van der Waals surface area contributed by atoms with E-state index in [9.17, 15) is 0 Å². The third kappa shape index (κ3) is 3.44. The van der Waals surface area contributed by atoms with E-state index in [-0.39, 0.29) is 0 Å². The quantitative estimate of drug-likeness (QED) is 0.772. The Hall–Kier alpha value is -0.120. The van der Waals surface area contributed by atoms with E-state index in [0.717, 1.165) is 25.2 Å². The fraction of sp³-hybridized carbons (Fsp3) is 1.00. The molecule has 2 heterocycles. The summed E-state index contributed by atoms with van der Waals surface area (Å²) in [6, 6.07) is 0.752. The summed E-state index contributed by atoms with van der Waals surface area (Å²) in [6.07, 6.45) is 5.12. The lowest BCUT2D eigenvalue weighted by Gasteiger charge is -2.37. The van der Waals surface area contributed by atoms with Gasteiger partial charge in [-0.3, -0.25) is 0 Å². The first-order valence-electron chi connectivity index (χ1n) is 6.90. The topological polar surface area (TPSA) is 24.5 Å². The standard InChI is InChI=1S/C13H26N2O/c1-12(13-4-10-16-11-5-13)15-8-2-6-14-7-3-9-15/h12-14H,2-11H2,1H3. The van der Waals surface area contributed by atoms with E-state index in [1.165, 1.54) is 51.9 Å². The van der Waals surface area contributed by atoms with Gasteiger partial charge in [0.15, 0.2) is 0 Å². The Bertz CT molecular complexity index is 184. The predicted octanol–water partition coefficient (Wildman–Crippen LogP) is 1.49. The average molecular weight is 226 g/mol. The number of hydrogen-bond acceptors (Lipinski definition) is 3. The summed E-state index contributed by atoms with van der Waals surface area (Å²) in [6.45, 7) is 9.30. The molecule has 3 heteroatoms. The Balaban J connectivity index is 1.82. The maximum Gasteiger partial charge on any atom is 0.0469 e. The zero-order valence-electron chi connectivity index (χ0n) is 10.6. The summed E-state index contributed by atoms with van der Waals surface area (Å²) >= 11 is 0. The van der Waals surface area contributed by atoms with Gasteiger partial charge in [0.05, 0.1) is 0 Å². The van der Waals surface area contributed by atoms with Gasteiger partial charge in [-0.2, -0.15) is 0 Å². The highest BCUT2D eigenvalue weighted by molar-refractivity contribution is 4.79. The fourth-order valence-corrected chi connectivity index (χ4v) is 2.95. The van der Waals surface area contributed by atoms with E-state index >= 15 is 0 Å². The van der Waals surface area contributed by atoms with Crippen molar-refractivity contribution in [2.75, 3.05) is 39.4 Å². The molecule has 2 rings (SSSR count). The van der Waals surface area contributed by atoms with Gasteiger partial charge in [-0.25, -0.2) is 0 Å². The van der Waals surface area contributed by atoms with Crippen molar-refractivity contribution in [1.29, 1.82) is 0 Å². The molecule has 0 aromatic rings. The highest BCUT2D eigenvalue weighted by atomic mass is 16.5. The van der Waals surface area contributed by atoms with Crippen LogP contribution >= 0.6 is 0 Å². The van der Waals surface area contributed by atoms with Gasteiger partial charge in [-0.15, -0.1) is 0 Å². The van der Waals surface area contributed by atoms with Gasteiger partial charge >= 0.3 is 0 Å². The molecule has 0 bridgehead atoms. The highest BCUT2D eigenvalue weighted by Crippen LogP contribution is 2.23. The average Bonchev–Trinajstić information content (AvgIpc) is 2.29. The minimum absolute atomic E-state index is 0.752. The van der Waals surface area contributed by atoms with Crippen molar-refractivity contribution in [2.24, 2.45) is 5.92 Å². The van der Waals surface area contributed by atoms with Crippen LogP contribution in [0.2, 0.25) is 0 Å². The largest absolute Gasteiger partial charge is 0.381 e. The van der Waals surface area contributed by atoms with Crippen molar-refractivity contribution in [3.63, 3.8) is 0 Å². The molecule has 1 unspecified atom stereocenters. The first-order valence-corrected chi connectivity index (χ1v) is 6.90. The maximum atomic E-state index is 5.45. The Morgan fingerprint density at radius 1 is 1.12 bits per heavy atom. The van der Waals surface area contributed by atoms with E-state index in [1.54, 1.807) is 0 Å². The number of rotatable bonds is 2. The molecule has 1 atom stereocenters. The number of nitrogens with zero attached hydrogens (tertiary/aromatic N) is 1. The van der Waals surface area contributed by atoms with Gasteiger partial charge < -0.3 is 15.0 Å². The van der Waals surface area contributed by atoms with E-state index in [0.29, 0.717) is 0 Å². The van der Waals surface area contributed by atoms with E-state index < -0.39 is 0 Å². The first-order chi connectivity index (χ1) is 7.88. The lowest BCUT2D eigenvalue weighted by Crippen LogP contribution is -2.44. The van der Waals surface area contributed by atoms with Crippen molar-refractivity contribution in [2.45, 2.75) is 38.6 Å². The van der Waals surface area contributed by atoms with Gasteiger partial charge in [0.25, 0.3) is 0 Å². The molecule has 0 amide bonds. The van der Waals surface area contributed by atoms with Crippen molar-refractivity contribution in [1.82, 2.24) is 10.2 Å². The second kappa shape index (κ2) is 6.58. The Labute approximate surface area is 99.5 Å². The Morgan fingerprint density at radius 2 is 1.75 bits per heavy atom. The van der Waals surface area contributed by atoms with Crippen molar-refractivity contribution in [3.8, 4) is 0 Å². The number of hydrogen-bond donors (Lipinski definition) is 1. The molecule has 94 valence electrons. The zero-order chi connectivity index (χ0) is 11.2. The first kappa shape index (κ1) is 12.3. The van der Waals surface area contributed by atoms with Gasteiger partial charge in [0.1, 0.15) is 0 Å². The number of nitrogens with one attached hydrogen (secondary N) is 1. The molecule has 2 saturated heterocycles. The van der Waals surface area contributed by atoms with E-state index in [1.807, 2.05) is 0 Å². The summed E-state index contributed by atoms with van der Waals surface area (Å²) in [4.78, 5) is 2.71. The lowest BCUT2D eigenvalue weighted by atomic mass is 9.91. The van der Waals surface area contributed by atoms with Gasteiger partial charge in [0, 0.05) is 19.3 Å². The van der Waals surface area contributed by atoms with Crippen molar-refractivity contribution in [3.05, 3.63) is 0 Å². The molecule has 1 N–H and O–H groups in total. The zero-order valence-corrected chi connectivity index (χ0v) is 10.6. The molecule has 0 spiro atoms. The Kier molecular flexibility index (Phi) is 5.07. The van der Waals surface area contributed by atoms with Crippen LogP contribution < -0.4 is 5.32 Å². The molecule has 0 radical (unpaired) electrons.